The first-order valence-electron chi connectivity index (χ1n) is 4.14. The second-order valence-corrected chi connectivity index (χ2v) is 2.79. The predicted molar refractivity (Wildman–Crippen MR) is 49.2 cm³/mol. The number of para-hydroxylation sites is 1. The van der Waals surface area contributed by atoms with Gasteiger partial charge in [0.25, 0.3) is 0 Å². The van der Waals surface area contributed by atoms with Gasteiger partial charge >= 0.3 is 0 Å². The Morgan fingerprint density at radius 3 is 2.57 bits per heavy atom. The molecule has 0 unspecified atom stereocenters. The van der Waals surface area contributed by atoms with E-state index in [2.05, 4.69) is 15.4 Å². The molecule has 0 N–H and O–H groups in total. The number of nitrogens with zero attached hydrogens (tertiary/aromatic N) is 4. The van der Waals surface area contributed by atoms with Crippen LogP contribution in [-0.4, -0.2) is 26.0 Å². The number of aromatic nitrogens is 4. The third-order valence-electron chi connectivity index (χ3n) is 1.72. The number of carbonyl (C=O) groups excluding carboxylic acids is 1. The maximum atomic E-state index is 10.9. The van der Waals surface area contributed by atoms with Crippen molar-refractivity contribution in [1.29, 1.82) is 0 Å². The van der Waals surface area contributed by atoms with Crippen molar-refractivity contribution < 1.29 is 4.79 Å². The van der Waals surface area contributed by atoms with Crippen LogP contribution in [0.25, 0.3) is 5.69 Å². The molecule has 0 spiro atoms. The Hall–Kier alpha value is -2.04. The van der Waals surface area contributed by atoms with Crippen molar-refractivity contribution in [2.45, 2.75) is 6.92 Å². The molecule has 1 heterocycles. The molecular formula is C9H8N4O. The summed E-state index contributed by atoms with van der Waals surface area (Å²) in [5, 5.41) is 11.3. The van der Waals surface area contributed by atoms with E-state index in [0.29, 0.717) is 0 Å². The zero-order chi connectivity index (χ0) is 9.97. The van der Waals surface area contributed by atoms with Gasteiger partial charge in [0.2, 0.25) is 11.6 Å². The normalized spacial score (nSPS) is 10.1. The van der Waals surface area contributed by atoms with Crippen molar-refractivity contribution in [1.82, 2.24) is 20.2 Å². The van der Waals surface area contributed by atoms with E-state index in [9.17, 15) is 4.79 Å². The monoisotopic (exact) mass is 188 g/mol. The van der Waals surface area contributed by atoms with Crippen molar-refractivity contribution in [2.24, 2.45) is 0 Å². The number of ketones is 1. The first kappa shape index (κ1) is 8.55. The third kappa shape index (κ3) is 1.52. The number of hydrogen-bond donors (Lipinski definition) is 0. The zero-order valence-electron chi connectivity index (χ0n) is 7.58. The Morgan fingerprint density at radius 2 is 2.00 bits per heavy atom. The highest BCUT2D eigenvalue weighted by molar-refractivity contribution is 5.89. The van der Waals surface area contributed by atoms with Gasteiger partial charge in [-0.3, -0.25) is 4.79 Å². The van der Waals surface area contributed by atoms with E-state index in [1.807, 2.05) is 30.3 Å². The van der Waals surface area contributed by atoms with Gasteiger partial charge in [0.05, 0.1) is 5.69 Å². The lowest BCUT2D eigenvalue weighted by Gasteiger charge is -1.94. The number of benzene rings is 1. The van der Waals surface area contributed by atoms with E-state index in [1.165, 1.54) is 11.7 Å². The van der Waals surface area contributed by atoms with Gasteiger partial charge in [-0.15, -0.1) is 15.0 Å². The quantitative estimate of drug-likeness (QED) is 0.656. The van der Waals surface area contributed by atoms with Crippen LogP contribution in [0, 0.1) is 0 Å². The summed E-state index contributed by atoms with van der Waals surface area (Å²) in [5.41, 5.74) is 0.785. The highest BCUT2D eigenvalue weighted by atomic mass is 16.1. The number of rotatable bonds is 2. The molecule has 5 nitrogen and oxygen atoms in total. The molecule has 1 aromatic heterocycles. The highest BCUT2D eigenvalue weighted by Crippen LogP contribution is 2.02. The molecule has 0 amide bonds. The van der Waals surface area contributed by atoms with Crippen LogP contribution < -0.4 is 0 Å². The minimum Gasteiger partial charge on any atom is -0.291 e. The van der Waals surface area contributed by atoms with E-state index in [-0.39, 0.29) is 11.6 Å². The minimum absolute atomic E-state index is 0.133. The second kappa shape index (κ2) is 3.37. The lowest BCUT2D eigenvalue weighted by Crippen LogP contribution is -2.00. The molecule has 5 heteroatoms. The van der Waals surface area contributed by atoms with Gasteiger partial charge in [-0.1, -0.05) is 18.2 Å². The molecule has 0 aliphatic heterocycles. The van der Waals surface area contributed by atoms with Crippen LogP contribution in [-0.2, 0) is 0 Å². The Labute approximate surface area is 80.4 Å². The second-order valence-electron chi connectivity index (χ2n) is 2.79. The Bertz CT molecular complexity index is 449. The summed E-state index contributed by atoms with van der Waals surface area (Å²) in [5.74, 6) is -0.0546. The van der Waals surface area contributed by atoms with E-state index in [0.717, 1.165) is 5.69 Å². The first-order chi connectivity index (χ1) is 6.77. The Balaban J connectivity index is 2.39. The maximum absolute atomic E-state index is 10.9. The Kier molecular flexibility index (Phi) is 2.06. The number of carbonyl (C=O) groups is 1. The van der Waals surface area contributed by atoms with Crippen LogP contribution in [0.15, 0.2) is 30.3 Å². The molecule has 1 aromatic carbocycles. The van der Waals surface area contributed by atoms with Gasteiger partial charge in [-0.25, -0.2) is 0 Å². The summed E-state index contributed by atoms with van der Waals surface area (Å²) in [6.45, 7) is 1.41. The van der Waals surface area contributed by atoms with Crippen LogP contribution in [0.1, 0.15) is 17.5 Å². The van der Waals surface area contributed by atoms with E-state index < -0.39 is 0 Å². The van der Waals surface area contributed by atoms with E-state index in [1.54, 1.807) is 0 Å². The molecule has 2 aromatic rings. The fraction of sp³-hybridized carbons (Fsp3) is 0.111. The van der Waals surface area contributed by atoms with Gasteiger partial charge in [-0.05, 0) is 17.3 Å². The average Bonchev–Trinajstić information content (AvgIpc) is 2.68. The topological polar surface area (TPSA) is 60.7 Å². The standard InChI is InChI=1S/C9H8N4O/c1-7(14)9-10-12-13(11-9)8-5-3-2-4-6-8/h2-6H,1H3. The molecule has 0 radical (unpaired) electrons. The lowest BCUT2D eigenvalue weighted by molar-refractivity contribution is 0.100. The molecule has 0 saturated heterocycles. The van der Waals surface area contributed by atoms with Crippen molar-refractivity contribution in [3.63, 3.8) is 0 Å². The summed E-state index contributed by atoms with van der Waals surface area (Å²) in [4.78, 5) is 12.2. The fourth-order valence-electron chi connectivity index (χ4n) is 1.03. The maximum Gasteiger partial charge on any atom is 0.240 e. The van der Waals surface area contributed by atoms with Gasteiger partial charge in [0.1, 0.15) is 0 Å². The third-order valence-corrected chi connectivity index (χ3v) is 1.72. The molecule has 0 aliphatic rings. The highest BCUT2D eigenvalue weighted by Gasteiger charge is 2.07. The molecule has 2 rings (SSSR count). The van der Waals surface area contributed by atoms with Gasteiger partial charge < -0.3 is 0 Å². The van der Waals surface area contributed by atoms with Crippen LogP contribution in [0.3, 0.4) is 0 Å². The number of hydrogen-bond acceptors (Lipinski definition) is 4. The summed E-state index contributed by atoms with van der Waals surface area (Å²) in [6, 6.07) is 9.31. The smallest absolute Gasteiger partial charge is 0.240 e. The minimum atomic E-state index is -0.188. The largest absolute Gasteiger partial charge is 0.291 e. The molecule has 70 valence electrons. The predicted octanol–water partition coefficient (Wildman–Crippen LogP) is 0.865. The number of tetrazole rings is 1. The molecule has 14 heavy (non-hydrogen) atoms. The van der Waals surface area contributed by atoms with E-state index >= 15 is 0 Å². The first-order valence-corrected chi connectivity index (χ1v) is 4.14. The molecule has 0 fully saturated rings. The lowest BCUT2D eigenvalue weighted by atomic mass is 10.3. The molecule has 0 bridgehead atoms. The van der Waals surface area contributed by atoms with E-state index in [4.69, 9.17) is 0 Å². The summed E-state index contributed by atoms with van der Waals surface area (Å²) in [7, 11) is 0. The number of Topliss-reactive ketones (excluding diaryl/α,β-unsaturated/α-hetero) is 1. The summed E-state index contributed by atoms with van der Waals surface area (Å²) < 4.78 is 0. The fourth-order valence-corrected chi connectivity index (χ4v) is 1.03. The SMILES string of the molecule is CC(=O)c1nnn(-c2ccccc2)n1. The van der Waals surface area contributed by atoms with Crippen molar-refractivity contribution in [3.8, 4) is 5.69 Å². The van der Waals surface area contributed by atoms with Crippen LogP contribution >= 0.6 is 0 Å². The molecule has 0 aliphatic carbocycles. The van der Waals surface area contributed by atoms with Crippen LogP contribution in [0.4, 0.5) is 0 Å². The van der Waals surface area contributed by atoms with Crippen molar-refractivity contribution >= 4 is 5.78 Å². The molecule has 0 atom stereocenters. The average molecular weight is 188 g/mol. The van der Waals surface area contributed by atoms with Crippen molar-refractivity contribution in [3.05, 3.63) is 36.2 Å². The van der Waals surface area contributed by atoms with Crippen molar-refractivity contribution in [2.75, 3.05) is 0 Å². The van der Waals surface area contributed by atoms with Gasteiger partial charge in [-0.2, -0.15) is 0 Å². The summed E-state index contributed by atoms with van der Waals surface area (Å²) >= 11 is 0. The summed E-state index contributed by atoms with van der Waals surface area (Å²) in [6.07, 6.45) is 0. The van der Waals surface area contributed by atoms with Gasteiger partial charge in [0.15, 0.2) is 0 Å². The van der Waals surface area contributed by atoms with Gasteiger partial charge in [0, 0.05) is 6.92 Å². The molecular weight excluding hydrogens is 180 g/mol. The van der Waals surface area contributed by atoms with Crippen LogP contribution in [0.5, 0.6) is 0 Å². The molecule has 0 saturated carbocycles. The Morgan fingerprint density at radius 1 is 1.29 bits per heavy atom. The zero-order valence-corrected chi connectivity index (χ0v) is 7.58. The van der Waals surface area contributed by atoms with Crippen LogP contribution in [0.2, 0.25) is 0 Å².